The van der Waals surface area contributed by atoms with Gasteiger partial charge in [0.2, 0.25) is 5.91 Å². The summed E-state index contributed by atoms with van der Waals surface area (Å²) in [6.07, 6.45) is 0. The van der Waals surface area contributed by atoms with Gasteiger partial charge in [-0.3, -0.25) is 20.3 Å². The molecule has 1 aromatic carbocycles. The van der Waals surface area contributed by atoms with E-state index in [2.05, 4.69) is 17.4 Å². The molecule has 0 aliphatic carbocycles. The van der Waals surface area contributed by atoms with Crippen LogP contribution < -0.4 is 5.43 Å². The molecule has 7 heteroatoms. The molecule has 0 aromatic heterocycles. The van der Waals surface area contributed by atoms with E-state index in [1.165, 1.54) is 12.1 Å². The lowest BCUT2D eigenvalue weighted by Crippen LogP contribution is -2.53. The van der Waals surface area contributed by atoms with Gasteiger partial charge in [0, 0.05) is 38.3 Å². The zero-order chi connectivity index (χ0) is 15.4. The van der Waals surface area contributed by atoms with Gasteiger partial charge in [-0.25, -0.2) is 5.01 Å². The zero-order valence-electron chi connectivity index (χ0n) is 12.3. The highest BCUT2D eigenvalue weighted by atomic mass is 16.6. The first-order valence-electron chi connectivity index (χ1n) is 6.95. The molecule has 0 radical (unpaired) electrons. The molecule has 21 heavy (non-hydrogen) atoms. The smallest absolute Gasteiger partial charge is 0.269 e. The maximum absolute atomic E-state index is 12.2. The number of carbonyl (C=O) groups is 1. The normalized spacial score (nSPS) is 18.2. The topological polar surface area (TPSA) is 78.7 Å². The first-order valence-corrected chi connectivity index (χ1v) is 6.95. The number of carbonyl (C=O) groups excluding carboxylic acids is 1. The highest BCUT2D eigenvalue weighted by molar-refractivity contribution is 5.82. The fourth-order valence-electron chi connectivity index (χ4n) is 2.21. The van der Waals surface area contributed by atoms with Crippen LogP contribution in [-0.4, -0.2) is 54.0 Å². The third-order valence-corrected chi connectivity index (χ3v) is 3.77. The lowest BCUT2D eigenvalue weighted by atomic mass is 10.0. The number of hydrogen-bond donors (Lipinski definition) is 1. The molecule has 1 unspecified atom stereocenters. The van der Waals surface area contributed by atoms with Crippen LogP contribution in [0.25, 0.3) is 0 Å². The Morgan fingerprint density at radius 2 is 1.81 bits per heavy atom. The van der Waals surface area contributed by atoms with Gasteiger partial charge in [0.15, 0.2) is 0 Å². The van der Waals surface area contributed by atoms with Crippen LogP contribution in [0.1, 0.15) is 18.4 Å². The Bertz CT molecular complexity index is 509. The lowest BCUT2D eigenvalue weighted by Gasteiger charge is -2.33. The standard InChI is InChI=1S/C14H20N4O3/c1-11(12-3-5-13(6-4-12)18(20)21)14(19)15-17-9-7-16(2)8-10-17/h3-6,11H,7-10H2,1-2H3,(H,15,19). The fourth-order valence-corrected chi connectivity index (χ4v) is 2.21. The summed E-state index contributed by atoms with van der Waals surface area (Å²) in [7, 11) is 2.05. The average molecular weight is 292 g/mol. The number of nitro groups is 1. The maximum atomic E-state index is 12.2. The molecule has 2 rings (SSSR count). The number of nitro benzene ring substituents is 1. The van der Waals surface area contributed by atoms with Crippen LogP contribution in [0, 0.1) is 10.1 Å². The van der Waals surface area contributed by atoms with Crippen LogP contribution in [0.5, 0.6) is 0 Å². The molecule has 7 nitrogen and oxygen atoms in total. The van der Waals surface area contributed by atoms with Gasteiger partial charge >= 0.3 is 0 Å². The molecule has 114 valence electrons. The minimum atomic E-state index is -0.446. The number of piperazine rings is 1. The van der Waals surface area contributed by atoms with Gasteiger partial charge in [-0.15, -0.1) is 0 Å². The number of nitrogens with zero attached hydrogens (tertiary/aromatic N) is 3. The second-order valence-corrected chi connectivity index (χ2v) is 5.34. The first-order chi connectivity index (χ1) is 9.97. The monoisotopic (exact) mass is 292 g/mol. The van der Waals surface area contributed by atoms with E-state index >= 15 is 0 Å². The maximum Gasteiger partial charge on any atom is 0.269 e. The lowest BCUT2D eigenvalue weighted by molar-refractivity contribution is -0.384. The van der Waals surface area contributed by atoms with Crippen LogP contribution in [0.3, 0.4) is 0 Å². The minimum Gasteiger partial charge on any atom is -0.304 e. The van der Waals surface area contributed by atoms with E-state index in [1.54, 1.807) is 19.1 Å². The zero-order valence-corrected chi connectivity index (χ0v) is 12.3. The van der Waals surface area contributed by atoms with Crippen molar-refractivity contribution in [2.45, 2.75) is 12.8 Å². The first kappa shape index (κ1) is 15.4. The van der Waals surface area contributed by atoms with Crippen molar-refractivity contribution in [3.05, 3.63) is 39.9 Å². The molecule has 0 bridgehead atoms. The Hall–Kier alpha value is -1.99. The molecule has 0 saturated carbocycles. The summed E-state index contributed by atoms with van der Waals surface area (Å²) < 4.78 is 0. The molecule has 1 fully saturated rings. The average Bonchev–Trinajstić information content (AvgIpc) is 2.49. The summed E-state index contributed by atoms with van der Waals surface area (Å²) in [5, 5.41) is 12.5. The van der Waals surface area contributed by atoms with Crippen LogP contribution in [0.15, 0.2) is 24.3 Å². The largest absolute Gasteiger partial charge is 0.304 e. The number of hydrogen-bond acceptors (Lipinski definition) is 5. The summed E-state index contributed by atoms with van der Waals surface area (Å²) >= 11 is 0. The van der Waals surface area contributed by atoms with E-state index in [-0.39, 0.29) is 17.5 Å². The van der Waals surface area contributed by atoms with Gasteiger partial charge < -0.3 is 4.90 Å². The molecule has 1 aromatic rings. The Morgan fingerprint density at radius 3 is 2.33 bits per heavy atom. The van der Waals surface area contributed by atoms with Crippen molar-refractivity contribution in [1.29, 1.82) is 0 Å². The van der Waals surface area contributed by atoms with E-state index in [9.17, 15) is 14.9 Å². The van der Waals surface area contributed by atoms with Gasteiger partial charge in [0.25, 0.3) is 5.69 Å². The number of rotatable bonds is 4. The molecule has 1 saturated heterocycles. The summed E-state index contributed by atoms with van der Waals surface area (Å²) in [5.74, 6) is -0.432. The SMILES string of the molecule is CC(C(=O)NN1CCN(C)CC1)c1ccc([N+](=O)[O-])cc1. The molecule has 0 spiro atoms. The van der Waals surface area contributed by atoms with Crippen molar-refractivity contribution in [1.82, 2.24) is 15.3 Å². The van der Waals surface area contributed by atoms with Crippen molar-refractivity contribution in [2.24, 2.45) is 0 Å². The number of benzene rings is 1. The Balaban J connectivity index is 1.94. The molecular formula is C14H20N4O3. The van der Waals surface area contributed by atoms with Crippen LogP contribution in [0.2, 0.25) is 0 Å². The molecular weight excluding hydrogens is 272 g/mol. The second-order valence-electron chi connectivity index (χ2n) is 5.34. The van der Waals surface area contributed by atoms with E-state index in [0.29, 0.717) is 0 Å². The van der Waals surface area contributed by atoms with E-state index in [1.807, 2.05) is 5.01 Å². The third kappa shape index (κ3) is 3.99. The number of hydrazine groups is 1. The van der Waals surface area contributed by atoms with Gasteiger partial charge in [-0.05, 0) is 19.5 Å². The van der Waals surface area contributed by atoms with Crippen molar-refractivity contribution in [3.63, 3.8) is 0 Å². The highest BCUT2D eigenvalue weighted by Gasteiger charge is 2.20. The quantitative estimate of drug-likeness (QED) is 0.661. The number of amides is 1. The predicted octanol–water partition coefficient (Wildman–Crippen LogP) is 0.977. The van der Waals surface area contributed by atoms with Gasteiger partial charge in [-0.2, -0.15) is 0 Å². The van der Waals surface area contributed by atoms with Crippen LogP contribution in [0.4, 0.5) is 5.69 Å². The summed E-state index contributed by atoms with van der Waals surface area (Å²) in [6.45, 7) is 5.25. The minimum absolute atomic E-state index is 0.0328. The van der Waals surface area contributed by atoms with Crippen LogP contribution >= 0.6 is 0 Å². The molecule has 1 aliphatic rings. The molecule has 1 atom stereocenters. The third-order valence-electron chi connectivity index (χ3n) is 3.77. The number of nitrogens with one attached hydrogen (secondary N) is 1. The van der Waals surface area contributed by atoms with Crippen molar-refractivity contribution in [3.8, 4) is 0 Å². The highest BCUT2D eigenvalue weighted by Crippen LogP contribution is 2.19. The van der Waals surface area contributed by atoms with Gasteiger partial charge in [0.1, 0.15) is 0 Å². The molecule has 1 amide bonds. The predicted molar refractivity (Wildman–Crippen MR) is 78.7 cm³/mol. The van der Waals surface area contributed by atoms with Crippen LogP contribution in [-0.2, 0) is 4.79 Å². The second kappa shape index (κ2) is 6.64. The Morgan fingerprint density at radius 1 is 1.24 bits per heavy atom. The number of likely N-dealkylation sites (N-methyl/N-ethyl adjacent to an activating group) is 1. The van der Waals surface area contributed by atoms with E-state index < -0.39 is 4.92 Å². The van der Waals surface area contributed by atoms with E-state index in [0.717, 1.165) is 31.7 Å². The molecule has 1 N–H and O–H groups in total. The molecule has 1 aliphatic heterocycles. The summed E-state index contributed by atoms with van der Waals surface area (Å²) in [5.41, 5.74) is 3.71. The van der Waals surface area contributed by atoms with Crippen molar-refractivity contribution >= 4 is 11.6 Å². The summed E-state index contributed by atoms with van der Waals surface area (Å²) in [4.78, 5) is 24.6. The Kier molecular flexibility index (Phi) is 4.87. The summed E-state index contributed by atoms with van der Waals surface area (Å²) in [6, 6.07) is 6.11. The fraction of sp³-hybridized carbons (Fsp3) is 0.500. The van der Waals surface area contributed by atoms with Crippen molar-refractivity contribution < 1.29 is 9.72 Å². The molecule has 1 heterocycles. The number of non-ortho nitro benzene ring substituents is 1. The van der Waals surface area contributed by atoms with Crippen molar-refractivity contribution in [2.75, 3.05) is 33.2 Å². The Labute approximate surface area is 123 Å². The van der Waals surface area contributed by atoms with Gasteiger partial charge in [0.05, 0.1) is 10.8 Å². The van der Waals surface area contributed by atoms with E-state index in [4.69, 9.17) is 0 Å². The van der Waals surface area contributed by atoms with Gasteiger partial charge in [-0.1, -0.05) is 12.1 Å².